The van der Waals surface area contributed by atoms with Crippen LogP contribution in [0.3, 0.4) is 0 Å². The van der Waals surface area contributed by atoms with Crippen LogP contribution in [0.2, 0.25) is 0 Å². The third-order valence-electron chi connectivity index (χ3n) is 18.0. The van der Waals surface area contributed by atoms with Gasteiger partial charge >= 0.3 is 24.3 Å². The van der Waals surface area contributed by atoms with Gasteiger partial charge in [0.1, 0.15) is 22.6 Å². The van der Waals surface area contributed by atoms with Crippen LogP contribution in [0.4, 0.5) is 26.3 Å². The molecule has 10 rings (SSSR count). The largest absolute Gasteiger partial charge is 0.490 e. The number of alkyl halides is 6. The predicted molar refractivity (Wildman–Crippen MR) is 266 cm³/mol. The number of piperidine rings is 2. The molecule has 0 radical (unpaired) electrons. The maximum Gasteiger partial charge on any atom is 0.420 e. The van der Waals surface area contributed by atoms with E-state index in [1.165, 1.54) is 12.1 Å². The first kappa shape index (κ1) is 52.3. The molecule has 4 heterocycles. The van der Waals surface area contributed by atoms with Crippen molar-refractivity contribution in [2.45, 2.75) is 204 Å². The molecule has 0 amide bonds. The van der Waals surface area contributed by atoms with Crippen LogP contribution in [0, 0.1) is 23.7 Å². The molecule has 2 N–H and O–H groups in total. The van der Waals surface area contributed by atoms with Gasteiger partial charge in [0.15, 0.2) is 0 Å². The lowest BCUT2D eigenvalue weighted by Gasteiger charge is -2.41. The number of carboxylic acids is 2. The van der Waals surface area contributed by atoms with E-state index in [-0.39, 0.29) is 82.6 Å². The summed E-state index contributed by atoms with van der Waals surface area (Å²) in [5, 5.41) is 20.4. The second-order valence-corrected chi connectivity index (χ2v) is 22.2. The van der Waals surface area contributed by atoms with Gasteiger partial charge in [0, 0.05) is 36.3 Å². The summed E-state index contributed by atoms with van der Waals surface area (Å²) in [4.78, 5) is 27.9. The molecule has 0 spiro atoms. The van der Waals surface area contributed by atoms with Gasteiger partial charge in [0.25, 0.3) is 0 Å². The summed E-state index contributed by atoms with van der Waals surface area (Å²) in [7, 11) is 0. The minimum Gasteiger partial charge on any atom is -0.490 e. The predicted octanol–water partition coefficient (Wildman–Crippen LogP) is 15.2. The average Bonchev–Trinajstić information content (AvgIpc) is 3.77. The van der Waals surface area contributed by atoms with Crippen LogP contribution in [-0.2, 0) is 21.9 Å². The third kappa shape index (κ3) is 11.0. The first-order valence-corrected chi connectivity index (χ1v) is 26.9. The van der Waals surface area contributed by atoms with Gasteiger partial charge in [-0.1, -0.05) is 63.1 Å². The van der Waals surface area contributed by atoms with Gasteiger partial charge in [-0.2, -0.15) is 26.3 Å². The van der Waals surface area contributed by atoms with Gasteiger partial charge < -0.3 is 19.7 Å². The van der Waals surface area contributed by atoms with Crippen LogP contribution in [0.25, 0.3) is 21.5 Å². The molecular formula is C58H72F6N2O6. The fourth-order valence-electron chi connectivity index (χ4n) is 14.1. The fraction of sp³-hybridized carbons (Fsp3) is 0.621. The number of hydrogen-bond acceptors (Lipinski definition) is 6. The van der Waals surface area contributed by atoms with E-state index in [0.29, 0.717) is 48.3 Å². The Morgan fingerprint density at radius 1 is 0.528 bits per heavy atom. The van der Waals surface area contributed by atoms with Crippen molar-refractivity contribution in [3.8, 4) is 11.5 Å². The maximum absolute atomic E-state index is 14.3. The molecule has 72 heavy (non-hydrogen) atoms. The summed E-state index contributed by atoms with van der Waals surface area (Å²) in [5.41, 5.74) is 0.569. The molecule has 4 aromatic carbocycles. The molecule has 4 bridgehead atoms. The number of benzene rings is 4. The summed E-state index contributed by atoms with van der Waals surface area (Å²) >= 11 is 0. The average molecular weight is 1010 g/mol. The molecule has 392 valence electrons. The van der Waals surface area contributed by atoms with Crippen LogP contribution >= 0.6 is 0 Å². The number of carboxylic acid groups (broad SMARTS) is 2. The molecule has 2 aliphatic carbocycles. The Balaban J connectivity index is 0.000000178. The molecule has 0 aromatic heterocycles. The van der Waals surface area contributed by atoms with Crippen LogP contribution in [0.1, 0.15) is 178 Å². The van der Waals surface area contributed by atoms with Gasteiger partial charge in [-0.05, 0) is 185 Å². The van der Waals surface area contributed by atoms with Crippen LogP contribution in [0.5, 0.6) is 11.5 Å². The van der Waals surface area contributed by atoms with Crippen LogP contribution in [0.15, 0.2) is 60.7 Å². The Morgan fingerprint density at radius 2 is 0.861 bits per heavy atom. The van der Waals surface area contributed by atoms with Crippen molar-refractivity contribution >= 4 is 33.5 Å². The molecule has 6 fully saturated rings. The van der Waals surface area contributed by atoms with E-state index in [4.69, 9.17) is 9.47 Å². The molecule has 6 atom stereocenters. The fourth-order valence-corrected chi connectivity index (χ4v) is 14.1. The number of hydrogen-bond donors (Lipinski definition) is 2. The van der Waals surface area contributed by atoms with E-state index in [9.17, 15) is 46.1 Å². The molecule has 4 aliphatic heterocycles. The van der Waals surface area contributed by atoms with Crippen LogP contribution < -0.4 is 9.47 Å². The molecule has 2 saturated carbocycles. The molecule has 14 heteroatoms. The Labute approximate surface area is 419 Å². The van der Waals surface area contributed by atoms with Crippen molar-refractivity contribution in [1.29, 1.82) is 0 Å². The molecular weight excluding hydrogens is 935 g/mol. The number of aliphatic carboxylic acids is 2. The summed E-state index contributed by atoms with van der Waals surface area (Å²) in [6.45, 7) is 8.49. The molecule has 4 saturated heterocycles. The Morgan fingerprint density at radius 3 is 1.15 bits per heavy atom. The molecule has 4 unspecified atom stereocenters. The van der Waals surface area contributed by atoms with Crippen molar-refractivity contribution in [3.05, 3.63) is 82.9 Å². The standard InChI is InChI=1S/2C29H36F3NO3/c2*1-3-18-4-10-24(11-5-18)36-26-13-7-20-14-19(6-12-25(20)27(26)29(30,31)32)17(2)33-22-8-9-23(33)16-21(15-22)28(34)35/h2*6-7,12-14,17-18,21-24H,3-5,8-11,15-16H2,1-2H3,(H,34,35)/t2*17-,18?,21?,22?,23?,24?/m10/s1. The van der Waals surface area contributed by atoms with Gasteiger partial charge in [-0.25, -0.2) is 0 Å². The van der Waals surface area contributed by atoms with Crippen molar-refractivity contribution in [1.82, 2.24) is 9.80 Å². The van der Waals surface area contributed by atoms with Gasteiger partial charge in [0.2, 0.25) is 0 Å². The van der Waals surface area contributed by atoms with E-state index < -0.39 is 35.4 Å². The van der Waals surface area contributed by atoms with E-state index >= 15 is 0 Å². The zero-order chi connectivity index (χ0) is 51.2. The smallest absolute Gasteiger partial charge is 0.420 e. The van der Waals surface area contributed by atoms with Gasteiger partial charge in [-0.15, -0.1) is 0 Å². The number of ether oxygens (including phenoxy) is 2. The van der Waals surface area contributed by atoms with Crippen LogP contribution in [-0.4, -0.2) is 68.3 Å². The first-order valence-electron chi connectivity index (χ1n) is 26.9. The number of halogens is 6. The SMILES string of the molecule is CCC1CCC(Oc2ccc3cc([C@@H](C)N4C5CCC4CC(C(=O)O)C5)ccc3c2C(F)(F)F)CC1.CCC1CCC(Oc2ccc3cc([C@H](C)N4C5CCC4CC(C(=O)O)C5)ccc3c2C(F)(F)F)CC1. The number of carbonyl (C=O) groups is 2. The molecule has 4 aromatic rings. The Hall–Kier alpha value is -4.56. The summed E-state index contributed by atoms with van der Waals surface area (Å²) in [5.74, 6) is -0.876. The van der Waals surface area contributed by atoms with E-state index in [1.807, 2.05) is 12.1 Å². The highest BCUT2D eigenvalue weighted by molar-refractivity contribution is 5.90. The summed E-state index contributed by atoms with van der Waals surface area (Å²) in [6, 6.07) is 17.9. The van der Waals surface area contributed by atoms with Crippen molar-refractivity contribution in [3.63, 3.8) is 0 Å². The number of rotatable bonds is 12. The Bertz CT molecular complexity index is 2360. The third-order valence-corrected chi connectivity index (χ3v) is 18.0. The second kappa shape index (κ2) is 21.4. The highest BCUT2D eigenvalue weighted by Crippen LogP contribution is 2.49. The monoisotopic (exact) mass is 1010 g/mol. The zero-order valence-electron chi connectivity index (χ0n) is 42.1. The Kier molecular flexibility index (Phi) is 15.5. The van der Waals surface area contributed by atoms with E-state index in [2.05, 4.69) is 37.5 Å². The lowest BCUT2D eigenvalue weighted by atomic mass is 9.86. The van der Waals surface area contributed by atoms with Crippen molar-refractivity contribution in [2.75, 3.05) is 0 Å². The van der Waals surface area contributed by atoms with Crippen molar-refractivity contribution in [2.24, 2.45) is 23.7 Å². The van der Waals surface area contributed by atoms with Gasteiger partial charge in [0.05, 0.1) is 24.0 Å². The topological polar surface area (TPSA) is 99.5 Å². The van der Waals surface area contributed by atoms with E-state index in [0.717, 1.165) is 101 Å². The maximum atomic E-state index is 14.3. The number of nitrogens with zero attached hydrogens (tertiary/aromatic N) is 2. The molecule has 6 aliphatic rings. The highest BCUT2D eigenvalue weighted by Gasteiger charge is 2.47. The normalized spacial score (nSPS) is 29.9. The summed E-state index contributed by atoms with van der Waals surface area (Å²) < 4.78 is 97.6. The lowest BCUT2D eigenvalue weighted by molar-refractivity contribution is -0.145. The van der Waals surface area contributed by atoms with Gasteiger partial charge in [-0.3, -0.25) is 19.4 Å². The molecule has 8 nitrogen and oxygen atoms in total. The minimum atomic E-state index is -4.51. The van der Waals surface area contributed by atoms with E-state index in [1.54, 1.807) is 36.4 Å². The second-order valence-electron chi connectivity index (χ2n) is 22.2. The first-order chi connectivity index (χ1) is 34.3. The van der Waals surface area contributed by atoms with Crippen molar-refractivity contribution < 1.29 is 55.6 Å². The highest BCUT2D eigenvalue weighted by atomic mass is 19.4. The minimum absolute atomic E-state index is 0.0145. The lowest BCUT2D eigenvalue weighted by Crippen LogP contribution is -2.45. The quantitative estimate of drug-likeness (QED) is 0.135. The zero-order valence-corrected chi connectivity index (χ0v) is 42.1. The summed E-state index contributed by atoms with van der Waals surface area (Å²) in [6.07, 6.45) is 6.52. The number of fused-ring (bicyclic) bond motifs is 6.